The third-order valence-corrected chi connectivity index (χ3v) is 4.64. The molecule has 4 heteroatoms. The molecule has 0 spiro atoms. The molecule has 0 aliphatic carbocycles. The Morgan fingerprint density at radius 1 is 1.33 bits per heavy atom. The molecule has 116 valence electrons. The Balaban J connectivity index is 1.91. The lowest BCUT2D eigenvalue weighted by Crippen LogP contribution is -2.45. The summed E-state index contributed by atoms with van der Waals surface area (Å²) in [6, 6.07) is 9.78. The van der Waals surface area contributed by atoms with E-state index in [1.165, 1.54) is 0 Å². The zero-order chi connectivity index (χ0) is 15.3. The van der Waals surface area contributed by atoms with E-state index >= 15 is 0 Å². The van der Waals surface area contributed by atoms with Crippen molar-refractivity contribution >= 4 is 5.91 Å². The Morgan fingerprint density at radius 2 is 1.95 bits per heavy atom. The Kier molecular flexibility index (Phi) is 5.37. The van der Waals surface area contributed by atoms with Crippen LogP contribution in [0.4, 0.5) is 0 Å². The van der Waals surface area contributed by atoms with E-state index in [9.17, 15) is 4.79 Å². The smallest absolute Gasteiger partial charge is 0.228 e. The van der Waals surface area contributed by atoms with Crippen molar-refractivity contribution in [3.63, 3.8) is 0 Å². The lowest BCUT2D eigenvalue weighted by atomic mass is 9.80. The highest BCUT2D eigenvalue weighted by Crippen LogP contribution is 2.29. The standard InChI is InChI=1S/C17H27N3O/c1-17(8-10-20(2)11-9-17)13-19-16(21)15(12-18)14-6-4-3-5-7-14/h3-7,15H,8-13,18H2,1-2H3,(H,19,21). The number of nitrogens with one attached hydrogen (secondary N) is 1. The number of carbonyl (C=O) groups is 1. The van der Waals surface area contributed by atoms with Gasteiger partial charge in [-0.3, -0.25) is 4.79 Å². The highest BCUT2D eigenvalue weighted by Gasteiger charge is 2.30. The van der Waals surface area contributed by atoms with Crippen LogP contribution in [0.25, 0.3) is 0 Å². The molecule has 1 unspecified atom stereocenters. The number of hydrogen-bond acceptors (Lipinski definition) is 3. The first-order valence-electron chi connectivity index (χ1n) is 7.75. The Labute approximate surface area is 127 Å². The summed E-state index contributed by atoms with van der Waals surface area (Å²) in [6.07, 6.45) is 2.25. The summed E-state index contributed by atoms with van der Waals surface area (Å²) < 4.78 is 0. The molecule has 1 aromatic rings. The third-order valence-electron chi connectivity index (χ3n) is 4.64. The third kappa shape index (κ3) is 4.29. The van der Waals surface area contributed by atoms with Crippen LogP contribution >= 0.6 is 0 Å². The summed E-state index contributed by atoms with van der Waals surface area (Å²) in [5, 5.41) is 3.12. The second-order valence-electron chi connectivity index (χ2n) is 6.53. The van der Waals surface area contributed by atoms with E-state index in [4.69, 9.17) is 5.73 Å². The van der Waals surface area contributed by atoms with Gasteiger partial charge in [0, 0.05) is 13.1 Å². The maximum atomic E-state index is 12.4. The van der Waals surface area contributed by atoms with Gasteiger partial charge in [-0.05, 0) is 44.0 Å². The molecule has 1 heterocycles. The molecule has 1 aromatic carbocycles. The minimum atomic E-state index is -0.249. The van der Waals surface area contributed by atoms with Crippen LogP contribution in [-0.2, 0) is 4.79 Å². The Bertz CT molecular complexity index is 452. The van der Waals surface area contributed by atoms with Crippen LogP contribution in [-0.4, -0.2) is 44.0 Å². The minimum Gasteiger partial charge on any atom is -0.355 e. The van der Waals surface area contributed by atoms with Crippen molar-refractivity contribution in [1.29, 1.82) is 0 Å². The molecule has 0 radical (unpaired) electrons. The molecule has 0 aromatic heterocycles. The van der Waals surface area contributed by atoms with Gasteiger partial charge in [0.1, 0.15) is 0 Å². The summed E-state index contributed by atoms with van der Waals surface area (Å²) in [4.78, 5) is 14.8. The lowest BCUT2D eigenvalue weighted by molar-refractivity contribution is -0.123. The van der Waals surface area contributed by atoms with Gasteiger partial charge in [-0.25, -0.2) is 0 Å². The summed E-state index contributed by atoms with van der Waals surface area (Å²) in [5.41, 5.74) is 7.00. The van der Waals surface area contributed by atoms with Crippen molar-refractivity contribution in [3.05, 3.63) is 35.9 Å². The molecule has 21 heavy (non-hydrogen) atoms. The average molecular weight is 289 g/mol. The number of carbonyl (C=O) groups excluding carboxylic acids is 1. The normalized spacial score (nSPS) is 20.0. The van der Waals surface area contributed by atoms with E-state index < -0.39 is 0 Å². The number of amides is 1. The van der Waals surface area contributed by atoms with Gasteiger partial charge in [-0.15, -0.1) is 0 Å². The fourth-order valence-electron chi connectivity index (χ4n) is 2.84. The number of piperidine rings is 1. The first-order valence-corrected chi connectivity index (χ1v) is 7.75. The fraction of sp³-hybridized carbons (Fsp3) is 0.588. The van der Waals surface area contributed by atoms with Crippen molar-refractivity contribution in [2.45, 2.75) is 25.7 Å². The molecule has 2 rings (SSSR count). The monoisotopic (exact) mass is 289 g/mol. The van der Waals surface area contributed by atoms with Gasteiger partial charge >= 0.3 is 0 Å². The lowest BCUT2D eigenvalue weighted by Gasteiger charge is -2.38. The molecular weight excluding hydrogens is 262 g/mol. The minimum absolute atomic E-state index is 0.0452. The largest absolute Gasteiger partial charge is 0.355 e. The number of nitrogens with zero attached hydrogens (tertiary/aromatic N) is 1. The SMILES string of the molecule is CN1CCC(C)(CNC(=O)C(CN)c2ccccc2)CC1. The van der Waals surface area contributed by atoms with E-state index in [2.05, 4.69) is 24.2 Å². The van der Waals surface area contributed by atoms with Gasteiger partial charge in [-0.2, -0.15) is 0 Å². The van der Waals surface area contributed by atoms with Gasteiger partial charge < -0.3 is 16.0 Å². The molecule has 1 atom stereocenters. The Hall–Kier alpha value is -1.39. The van der Waals surface area contributed by atoms with Gasteiger partial charge in [0.05, 0.1) is 5.92 Å². The molecule has 1 fully saturated rings. The molecule has 1 aliphatic rings. The fourth-order valence-corrected chi connectivity index (χ4v) is 2.84. The maximum absolute atomic E-state index is 12.4. The summed E-state index contributed by atoms with van der Waals surface area (Å²) in [7, 11) is 2.15. The van der Waals surface area contributed by atoms with Crippen LogP contribution in [0.1, 0.15) is 31.2 Å². The van der Waals surface area contributed by atoms with Crippen LogP contribution in [0.5, 0.6) is 0 Å². The second kappa shape index (κ2) is 7.05. The van der Waals surface area contributed by atoms with Gasteiger partial charge in [0.2, 0.25) is 5.91 Å². The van der Waals surface area contributed by atoms with Crippen LogP contribution < -0.4 is 11.1 Å². The molecule has 0 saturated carbocycles. The maximum Gasteiger partial charge on any atom is 0.228 e. The van der Waals surface area contributed by atoms with Gasteiger partial charge in [-0.1, -0.05) is 37.3 Å². The summed E-state index contributed by atoms with van der Waals surface area (Å²) in [5.74, 6) is -0.204. The molecule has 0 bridgehead atoms. The predicted molar refractivity (Wildman–Crippen MR) is 86.1 cm³/mol. The molecular formula is C17H27N3O. The van der Waals surface area contributed by atoms with Crippen molar-refractivity contribution in [3.8, 4) is 0 Å². The number of rotatable bonds is 5. The highest BCUT2D eigenvalue weighted by atomic mass is 16.1. The van der Waals surface area contributed by atoms with E-state index in [0.29, 0.717) is 6.54 Å². The van der Waals surface area contributed by atoms with Crippen molar-refractivity contribution in [2.75, 3.05) is 33.2 Å². The second-order valence-corrected chi connectivity index (χ2v) is 6.53. The van der Waals surface area contributed by atoms with E-state index in [1.807, 2.05) is 30.3 Å². The van der Waals surface area contributed by atoms with Gasteiger partial charge in [0.15, 0.2) is 0 Å². The quantitative estimate of drug-likeness (QED) is 0.865. The van der Waals surface area contributed by atoms with Crippen molar-refractivity contribution < 1.29 is 4.79 Å². The number of nitrogens with two attached hydrogens (primary N) is 1. The molecule has 3 N–H and O–H groups in total. The zero-order valence-electron chi connectivity index (χ0n) is 13.1. The summed E-state index contributed by atoms with van der Waals surface area (Å²) >= 11 is 0. The van der Waals surface area contributed by atoms with E-state index in [-0.39, 0.29) is 17.2 Å². The number of likely N-dealkylation sites (tertiary alicyclic amines) is 1. The molecule has 1 amide bonds. The topological polar surface area (TPSA) is 58.4 Å². The van der Waals surface area contributed by atoms with E-state index in [0.717, 1.165) is 38.0 Å². The predicted octanol–water partition coefficient (Wildman–Crippen LogP) is 1.58. The van der Waals surface area contributed by atoms with Crippen LogP contribution in [0.15, 0.2) is 30.3 Å². The van der Waals surface area contributed by atoms with Gasteiger partial charge in [0.25, 0.3) is 0 Å². The highest BCUT2D eigenvalue weighted by molar-refractivity contribution is 5.83. The van der Waals surface area contributed by atoms with Crippen molar-refractivity contribution in [1.82, 2.24) is 10.2 Å². The molecule has 1 aliphatic heterocycles. The average Bonchev–Trinajstić information content (AvgIpc) is 2.51. The number of hydrogen-bond donors (Lipinski definition) is 2. The van der Waals surface area contributed by atoms with Crippen LogP contribution in [0.3, 0.4) is 0 Å². The Morgan fingerprint density at radius 3 is 2.52 bits per heavy atom. The van der Waals surface area contributed by atoms with Crippen LogP contribution in [0, 0.1) is 5.41 Å². The van der Waals surface area contributed by atoms with Crippen LogP contribution in [0.2, 0.25) is 0 Å². The first kappa shape index (κ1) is 16.0. The zero-order valence-corrected chi connectivity index (χ0v) is 13.1. The van der Waals surface area contributed by atoms with E-state index in [1.54, 1.807) is 0 Å². The molecule has 1 saturated heterocycles. The summed E-state index contributed by atoms with van der Waals surface area (Å²) in [6.45, 7) is 5.55. The van der Waals surface area contributed by atoms with Crippen molar-refractivity contribution in [2.24, 2.45) is 11.1 Å². The number of benzene rings is 1. The first-order chi connectivity index (χ1) is 10.0. The molecule has 4 nitrogen and oxygen atoms in total.